The van der Waals surface area contributed by atoms with Gasteiger partial charge in [-0.1, -0.05) is 35.5 Å². The molecule has 2 aromatic heterocycles. The van der Waals surface area contributed by atoms with Crippen LogP contribution in [0.1, 0.15) is 17.4 Å². The van der Waals surface area contributed by atoms with E-state index < -0.39 is 0 Å². The molecule has 0 spiro atoms. The number of hydrogen-bond donors (Lipinski definition) is 1. The van der Waals surface area contributed by atoms with Gasteiger partial charge in [0.25, 0.3) is 0 Å². The molecule has 3 aromatic rings. The van der Waals surface area contributed by atoms with E-state index in [-0.39, 0.29) is 5.92 Å². The van der Waals surface area contributed by atoms with Crippen LogP contribution in [0, 0.1) is 0 Å². The SMILES string of the molecule is NCC(c1ccccc1)c1nc(-c2cc(Br)cs2)no1. The van der Waals surface area contributed by atoms with Gasteiger partial charge in [-0.2, -0.15) is 4.98 Å². The Balaban J connectivity index is 1.92. The van der Waals surface area contributed by atoms with Gasteiger partial charge in [0.1, 0.15) is 0 Å². The molecular weight excluding hydrogens is 338 g/mol. The van der Waals surface area contributed by atoms with Crippen LogP contribution in [-0.4, -0.2) is 16.7 Å². The number of halogens is 1. The van der Waals surface area contributed by atoms with Gasteiger partial charge in [-0.25, -0.2) is 0 Å². The summed E-state index contributed by atoms with van der Waals surface area (Å²) in [6.07, 6.45) is 0. The van der Waals surface area contributed by atoms with Crippen molar-refractivity contribution in [3.63, 3.8) is 0 Å². The zero-order valence-electron chi connectivity index (χ0n) is 10.5. The Labute approximate surface area is 128 Å². The van der Waals surface area contributed by atoms with Crippen molar-refractivity contribution in [1.29, 1.82) is 0 Å². The first-order valence-corrected chi connectivity index (χ1v) is 7.78. The lowest BCUT2D eigenvalue weighted by Gasteiger charge is -2.09. The molecule has 0 bridgehead atoms. The van der Waals surface area contributed by atoms with Gasteiger partial charge < -0.3 is 10.3 Å². The lowest BCUT2D eigenvalue weighted by molar-refractivity contribution is 0.367. The van der Waals surface area contributed by atoms with Crippen molar-refractivity contribution >= 4 is 27.3 Å². The molecule has 0 aliphatic carbocycles. The number of aromatic nitrogens is 2. The summed E-state index contributed by atoms with van der Waals surface area (Å²) >= 11 is 4.99. The molecule has 0 saturated carbocycles. The first-order valence-electron chi connectivity index (χ1n) is 6.11. The summed E-state index contributed by atoms with van der Waals surface area (Å²) in [7, 11) is 0. The Bertz CT molecular complexity index is 695. The molecule has 0 saturated heterocycles. The normalized spacial score (nSPS) is 12.5. The van der Waals surface area contributed by atoms with E-state index in [4.69, 9.17) is 10.3 Å². The minimum absolute atomic E-state index is 0.0687. The minimum atomic E-state index is -0.0687. The van der Waals surface area contributed by atoms with Crippen molar-refractivity contribution in [3.8, 4) is 10.7 Å². The van der Waals surface area contributed by atoms with Gasteiger partial charge in [-0.15, -0.1) is 11.3 Å². The molecule has 20 heavy (non-hydrogen) atoms. The molecule has 3 rings (SSSR count). The summed E-state index contributed by atoms with van der Waals surface area (Å²) in [5, 5.41) is 6.03. The lowest BCUT2D eigenvalue weighted by atomic mass is 9.99. The quantitative estimate of drug-likeness (QED) is 0.780. The molecule has 0 radical (unpaired) electrons. The average Bonchev–Trinajstić information content (AvgIpc) is 3.10. The summed E-state index contributed by atoms with van der Waals surface area (Å²) in [6.45, 7) is 0.430. The average molecular weight is 350 g/mol. The van der Waals surface area contributed by atoms with E-state index in [1.165, 1.54) is 0 Å². The van der Waals surface area contributed by atoms with E-state index in [1.807, 2.05) is 41.8 Å². The van der Waals surface area contributed by atoms with Gasteiger partial charge in [0.15, 0.2) is 0 Å². The molecule has 102 valence electrons. The van der Waals surface area contributed by atoms with Crippen LogP contribution in [0.15, 0.2) is 50.8 Å². The molecule has 6 heteroatoms. The molecule has 0 amide bonds. The third kappa shape index (κ3) is 2.67. The van der Waals surface area contributed by atoms with Gasteiger partial charge in [-0.3, -0.25) is 0 Å². The second-order valence-corrected chi connectivity index (χ2v) is 6.11. The van der Waals surface area contributed by atoms with Crippen LogP contribution >= 0.6 is 27.3 Å². The van der Waals surface area contributed by atoms with Crippen molar-refractivity contribution < 1.29 is 4.52 Å². The summed E-state index contributed by atoms with van der Waals surface area (Å²) in [4.78, 5) is 5.44. The number of rotatable bonds is 4. The fourth-order valence-electron chi connectivity index (χ4n) is 1.97. The van der Waals surface area contributed by atoms with E-state index in [1.54, 1.807) is 11.3 Å². The van der Waals surface area contributed by atoms with Crippen LogP contribution in [0.5, 0.6) is 0 Å². The monoisotopic (exact) mass is 349 g/mol. The maximum atomic E-state index is 5.86. The van der Waals surface area contributed by atoms with E-state index >= 15 is 0 Å². The highest BCUT2D eigenvalue weighted by Crippen LogP contribution is 2.30. The van der Waals surface area contributed by atoms with Crippen LogP contribution in [0.4, 0.5) is 0 Å². The van der Waals surface area contributed by atoms with Crippen LogP contribution in [-0.2, 0) is 0 Å². The molecule has 4 nitrogen and oxygen atoms in total. The standard InChI is InChI=1S/C14H12BrN3OS/c15-10-6-12(20-8-10)13-17-14(19-18-13)11(7-16)9-4-2-1-3-5-9/h1-6,8,11H,7,16H2. The Morgan fingerprint density at radius 3 is 2.75 bits per heavy atom. The van der Waals surface area contributed by atoms with Crippen LogP contribution < -0.4 is 5.73 Å². The van der Waals surface area contributed by atoms with Crippen LogP contribution in [0.2, 0.25) is 0 Å². The fraction of sp³-hybridized carbons (Fsp3) is 0.143. The van der Waals surface area contributed by atoms with Gasteiger partial charge in [0, 0.05) is 16.4 Å². The van der Waals surface area contributed by atoms with E-state index in [0.717, 1.165) is 14.9 Å². The van der Waals surface area contributed by atoms with Gasteiger partial charge >= 0.3 is 0 Å². The van der Waals surface area contributed by atoms with Gasteiger partial charge in [0.2, 0.25) is 11.7 Å². The van der Waals surface area contributed by atoms with Crippen molar-refractivity contribution in [3.05, 3.63) is 57.7 Å². The largest absolute Gasteiger partial charge is 0.338 e. The number of nitrogens with zero attached hydrogens (tertiary/aromatic N) is 2. The maximum absolute atomic E-state index is 5.86. The minimum Gasteiger partial charge on any atom is -0.338 e. The number of thiophene rings is 1. The molecule has 2 heterocycles. The maximum Gasteiger partial charge on any atom is 0.235 e. The predicted molar refractivity (Wildman–Crippen MR) is 82.7 cm³/mol. The highest BCUT2D eigenvalue weighted by Gasteiger charge is 2.20. The molecule has 0 fully saturated rings. The van der Waals surface area contributed by atoms with Gasteiger partial charge in [-0.05, 0) is 27.6 Å². The highest BCUT2D eigenvalue weighted by atomic mass is 79.9. The predicted octanol–water partition coefficient (Wildman–Crippen LogP) is 3.65. The second-order valence-electron chi connectivity index (χ2n) is 4.28. The second kappa shape index (κ2) is 5.87. The molecular formula is C14H12BrN3OS. The van der Waals surface area contributed by atoms with Gasteiger partial charge in [0.05, 0.1) is 10.8 Å². The lowest BCUT2D eigenvalue weighted by Crippen LogP contribution is -2.14. The van der Waals surface area contributed by atoms with Crippen LogP contribution in [0.25, 0.3) is 10.7 Å². The summed E-state index contributed by atoms with van der Waals surface area (Å²) in [5.41, 5.74) is 6.94. The first kappa shape index (κ1) is 13.5. The molecule has 1 unspecified atom stereocenters. The summed E-state index contributed by atoms with van der Waals surface area (Å²) in [6, 6.07) is 11.9. The number of nitrogens with two attached hydrogens (primary N) is 1. The van der Waals surface area contributed by atoms with Crippen LogP contribution in [0.3, 0.4) is 0 Å². The first-order chi connectivity index (χ1) is 9.78. The summed E-state index contributed by atoms with van der Waals surface area (Å²) in [5.74, 6) is 1.09. The third-order valence-electron chi connectivity index (χ3n) is 2.97. The number of hydrogen-bond acceptors (Lipinski definition) is 5. The topological polar surface area (TPSA) is 64.9 Å². The Morgan fingerprint density at radius 2 is 2.10 bits per heavy atom. The Kier molecular flexibility index (Phi) is 3.95. The highest BCUT2D eigenvalue weighted by molar-refractivity contribution is 9.10. The van der Waals surface area contributed by atoms with Crippen molar-refractivity contribution in [2.45, 2.75) is 5.92 Å². The van der Waals surface area contributed by atoms with Crippen molar-refractivity contribution in [1.82, 2.24) is 10.1 Å². The zero-order valence-corrected chi connectivity index (χ0v) is 12.9. The molecule has 0 aliphatic heterocycles. The molecule has 1 aromatic carbocycles. The Morgan fingerprint density at radius 1 is 1.30 bits per heavy atom. The smallest absolute Gasteiger partial charge is 0.235 e. The molecule has 2 N–H and O–H groups in total. The van der Waals surface area contributed by atoms with E-state index in [2.05, 4.69) is 26.1 Å². The van der Waals surface area contributed by atoms with Crippen molar-refractivity contribution in [2.75, 3.05) is 6.54 Å². The Hall–Kier alpha value is -1.50. The molecule has 1 atom stereocenters. The van der Waals surface area contributed by atoms with Crippen molar-refractivity contribution in [2.24, 2.45) is 5.73 Å². The molecule has 0 aliphatic rings. The number of benzene rings is 1. The van der Waals surface area contributed by atoms with E-state index in [9.17, 15) is 0 Å². The van der Waals surface area contributed by atoms with E-state index in [0.29, 0.717) is 18.3 Å². The summed E-state index contributed by atoms with van der Waals surface area (Å²) < 4.78 is 6.40. The fourth-order valence-corrected chi connectivity index (χ4v) is 3.32. The zero-order chi connectivity index (χ0) is 13.9. The third-order valence-corrected chi connectivity index (χ3v) is 4.65.